The molecular weight excluding hydrogens is 636 g/mol. The predicted molar refractivity (Wildman–Crippen MR) is 188 cm³/mol. The number of aryl methyl sites for hydroxylation is 2. The normalized spacial score (nSPS) is 17.6. The first-order valence-electron chi connectivity index (χ1n) is 16.4. The number of ether oxygens (including phenoxy) is 4. The summed E-state index contributed by atoms with van der Waals surface area (Å²) in [5.74, 6) is 1.39. The van der Waals surface area contributed by atoms with Crippen LogP contribution in [-0.2, 0) is 18.4 Å². The summed E-state index contributed by atoms with van der Waals surface area (Å²) in [6.45, 7) is 2.52. The van der Waals surface area contributed by atoms with Gasteiger partial charge in [0.1, 0.15) is 23.3 Å². The van der Waals surface area contributed by atoms with Crippen molar-refractivity contribution >= 4 is 28.6 Å². The van der Waals surface area contributed by atoms with E-state index in [2.05, 4.69) is 10.6 Å². The molecule has 4 aromatic carbocycles. The maximum absolute atomic E-state index is 14.1. The molecule has 256 valence electrons. The molecule has 1 saturated heterocycles. The first kappa shape index (κ1) is 32.6. The highest BCUT2D eigenvalue weighted by atomic mass is 16.5. The van der Waals surface area contributed by atoms with Gasteiger partial charge in [-0.1, -0.05) is 24.3 Å². The van der Waals surface area contributed by atoms with E-state index >= 15 is 0 Å². The Morgan fingerprint density at radius 2 is 1.76 bits per heavy atom. The van der Waals surface area contributed by atoms with Gasteiger partial charge in [0.15, 0.2) is 18.1 Å². The third-order valence-electron chi connectivity index (χ3n) is 9.35. The third kappa shape index (κ3) is 6.41. The van der Waals surface area contributed by atoms with Gasteiger partial charge >= 0.3 is 0 Å². The van der Waals surface area contributed by atoms with E-state index in [1.807, 2.05) is 79.2 Å². The summed E-state index contributed by atoms with van der Waals surface area (Å²) in [6.07, 6.45) is -0.596. The maximum Gasteiger partial charge on any atom is 0.270 e. The number of hydrogen-bond acceptors (Lipinski definition) is 7. The number of rotatable bonds is 3. The van der Waals surface area contributed by atoms with Crippen LogP contribution in [0.15, 0.2) is 84.9 Å². The monoisotopic (exact) mass is 674 g/mol. The number of carbonyl (C=O) groups excluding carboxylic acids is 3. The lowest BCUT2D eigenvalue weighted by Crippen LogP contribution is -2.45. The number of nitrogens with one attached hydrogen (secondary N) is 2. The van der Waals surface area contributed by atoms with Crippen molar-refractivity contribution in [1.82, 2.24) is 20.1 Å². The van der Waals surface area contributed by atoms with Crippen LogP contribution in [0.4, 0.5) is 0 Å². The number of carbonyl (C=O) groups is 3. The molecule has 8 rings (SSSR count). The molecule has 4 heterocycles. The quantitative estimate of drug-likeness (QED) is 0.280. The van der Waals surface area contributed by atoms with E-state index in [1.54, 1.807) is 43.4 Å². The Labute approximate surface area is 289 Å². The van der Waals surface area contributed by atoms with Crippen LogP contribution >= 0.6 is 0 Å². The molecule has 0 unspecified atom stereocenters. The number of methoxy groups -OCH3 is 2. The van der Waals surface area contributed by atoms with Crippen LogP contribution in [0.25, 0.3) is 22.0 Å². The molecule has 5 aromatic rings. The number of aromatic nitrogens is 1. The van der Waals surface area contributed by atoms with Gasteiger partial charge in [-0.25, -0.2) is 0 Å². The van der Waals surface area contributed by atoms with Crippen LogP contribution in [0, 0.1) is 6.92 Å². The smallest absolute Gasteiger partial charge is 0.270 e. The molecule has 3 amide bonds. The Morgan fingerprint density at radius 1 is 0.900 bits per heavy atom. The van der Waals surface area contributed by atoms with Crippen LogP contribution in [0.1, 0.15) is 32.0 Å². The van der Waals surface area contributed by atoms with Crippen molar-refractivity contribution in [3.63, 3.8) is 0 Å². The van der Waals surface area contributed by atoms with Crippen molar-refractivity contribution in [1.29, 1.82) is 0 Å². The van der Waals surface area contributed by atoms with E-state index in [-0.39, 0.29) is 44.0 Å². The number of benzene rings is 4. The minimum absolute atomic E-state index is 0.158. The molecule has 50 heavy (non-hydrogen) atoms. The lowest BCUT2D eigenvalue weighted by molar-refractivity contribution is -0.123. The van der Waals surface area contributed by atoms with Crippen molar-refractivity contribution in [2.75, 3.05) is 33.9 Å². The zero-order valence-corrected chi connectivity index (χ0v) is 28.3. The highest BCUT2D eigenvalue weighted by molar-refractivity contribution is 6.00. The van der Waals surface area contributed by atoms with Crippen LogP contribution in [0.5, 0.6) is 23.0 Å². The van der Waals surface area contributed by atoms with Gasteiger partial charge in [-0.05, 0) is 89.8 Å². The van der Waals surface area contributed by atoms with Gasteiger partial charge in [0.2, 0.25) is 0 Å². The van der Waals surface area contributed by atoms with Gasteiger partial charge in [0.05, 0.1) is 26.8 Å². The van der Waals surface area contributed by atoms with Crippen LogP contribution in [0.2, 0.25) is 0 Å². The highest BCUT2D eigenvalue weighted by Crippen LogP contribution is 2.33. The predicted octanol–water partition coefficient (Wildman–Crippen LogP) is 4.88. The number of likely N-dealkylation sites (tertiary alicyclic amines) is 1. The second-order valence-corrected chi connectivity index (χ2v) is 12.6. The molecule has 0 spiro atoms. The fourth-order valence-corrected chi connectivity index (χ4v) is 6.58. The molecule has 0 aliphatic carbocycles. The molecule has 2 N–H and O–H groups in total. The SMILES string of the molecule is COc1ccc2c(c1)cc(C(=O)N1C[C@@H]3NC(=O)c4ccc(C)c(c4)-c4cccc(c4)OCC(=O)NCc4ccc(c(OC)c4)O[C@H]3C1)n2C. The van der Waals surface area contributed by atoms with Gasteiger partial charge in [0, 0.05) is 36.6 Å². The fourth-order valence-electron chi connectivity index (χ4n) is 6.58. The maximum atomic E-state index is 14.1. The van der Waals surface area contributed by atoms with Crippen molar-refractivity contribution in [2.45, 2.75) is 25.6 Å². The van der Waals surface area contributed by atoms with E-state index in [4.69, 9.17) is 18.9 Å². The minimum Gasteiger partial charge on any atom is -0.497 e. The van der Waals surface area contributed by atoms with E-state index in [0.29, 0.717) is 34.3 Å². The van der Waals surface area contributed by atoms with Crippen molar-refractivity contribution in [2.24, 2.45) is 7.05 Å². The van der Waals surface area contributed by atoms with Gasteiger partial charge in [0.25, 0.3) is 17.7 Å². The van der Waals surface area contributed by atoms with Crippen molar-refractivity contribution < 1.29 is 33.3 Å². The summed E-state index contributed by atoms with van der Waals surface area (Å²) in [7, 11) is 5.01. The number of amides is 3. The molecule has 0 radical (unpaired) electrons. The third-order valence-corrected chi connectivity index (χ3v) is 9.35. The zero-order chi connectivity index (χ0) is 34.9. The Bertz CT molecular complexity index is 2120. The molecule has 6 bridgehead atoms. The lowest BCUT2D eigenvalue weighted by atomic mass is 9.97. The minimum atomic E-state index is -0.596. The molecule has 11 nitrogen and oxygen atoms in total. The number of hydrogen-bond donors (Lipinski definition) is 2. The lowest BCUT2D eigenvalue weighted by Gasteiger charge is -2.23. The van der Waals surface area contributed by atoms with Crippen LogP contribution < -0.4 is 29.6 Å². The molecule has 0 saturated carbocycles. The summed E-state index contributed by atoms with van der Waals surface area (Å²) in [6, 6.07) is 25.4. The summed E-state index contributed by atoms with van der Waals surface area (Å²) in [5.41, 5.74) is 5.34. The molecule has 3 aliphatic heterocycles. The van der Waals surface area contributed by atoms with Gasteiger partial charge in [-0.2, -0.15) is 0 Å². The second-order valence-electron chi connectivity index (χ2n) is 12.6. The molecule has 3 aliphatic rings. The molecule has 11 heteroatoms. The topological polar surface area (TPSA) is 120 Å². The van der Waals surface area contributed by atoms with Gasteiger partial charge < -0.3 is 39.0 Å². The summed E-state index contributed by atoms with van der Waals surface area (Å²) >= 11 is 0. The Morgan fingerprint density at radius 3 is 2.58 bits per heavy atom. The van der Waals surface area contributed by atoms with Crippen LogP contribution in [0.3, 0.4) is 0 Å². The summed E-state index contributed by atoms with van der Waals surface area (Å²) < 4.78 is 25.3. The van der Waals surface area contributed by atoms with Crippen molar-refractivity contribution in [3.05, 3.63) is 107 Å². The van der Waals surface area contributed by atoms with Crippen LogP contribution in [-0.4, -0.2) is 73.3 Å². The first-order chi connectivity index (χ1) is 24.2. The summed E-state index contributed by atoms with van der Waals surface area (Å²) in [5, 5.41) is 6.94. The van der Waals surface area contributed by atoms with E-state index in [9.17, 15) is 14.4 Å². The van der Waals surface area contributed by atoms with E-state index < -0.39 is 12.1 Å². The fraction of sp³-hybridized carbons (Fsp3) is 0.256. The molecular formula is C39H38N4O7. The number of nitrogens with zero attached hydrogens (tertiary/aromatic N) is 2. The Kier molecular flexibility index (Phi) is 8.80. The average Bonchev–Trinajstić information content (AvgIpc) is 3.68. The van der Waals surface area contributed by atoms with Crippen molar-refractivity contribution in [3.8, 4) is 34.1 Å². The summed E-state index contributed by atoms with van der Waals surface area (Å²) in [4.78, 5) is 42.4. The second kappa shape index (κ2) is 13.5. The Hall–Kier alpha value is -5.97. The molecule has 1 aromatic heterocycles. The Balaban J connectivity index is 1.24. The van der Waals surface area contributed by atoms with Gasteiger partial charge in [-0.3, -0.25) is 14.4 Å². The standard InChI is InChI=1S/C39H38N4O7/c1-23-8-10-26-17-30(23)25-6-5-7-29(15-25)49-22-37(44)40-19-24-9-13-34(35(14-24)48-4)50-36-21-43(20-31(36)41-38(26)45)39(46)33-18-27-16-28(47-3)11-12-32(27)42(33)2/h5-18,31,36H,19-22H2,1-4H3,(H,40,44)(H,41,45)/t31-,36-/m0/s1. The average molecular weight is 675 g/mol. The number of fused-ring (bicyclic) bond motifs is 8. The zero-order valence-electron chi connectivity index (χ0n) is 28.3. The highest BCUT2D eigenvalue weighted by Gasteiger charge is 2.39. The largest absolute Gasteiger partial charge is 0.497 e. The first-order valence-corrected chi connectivity index (χ1v) is 16.4. The van der Waals surface area contributed by atoms with E-state index in [0.717, 1.165) is 33.2 Å². The van der Waals surface area contributed by atoms with Gasteiger partial charge in [-0.15, -0.1) is 0 Å². The molecule has 1 fully saturated rings. The van der Waals surface area contributed by atoms with E-state index in [1.165, 1.54) is 0 Å². The molecule has 2 atom stereocenters.